The topological polar surface area (TPSA) is 0 Å². The highest BCUT2D eigenvalue weighted by molar-refractivity contribution is 5.02. The van der Waals surface area contributed by atoms with E-state index in [1.165, 1.54) is 0 Å². The Morgan fingerprint density at radius 3 is 2.56 bits per heavy atom. The average molecular weight is 128 g/mol. The Balaban J connectivity index is 2.61. The molecule has 0 bridgehead atoms. The molecule has 1 aliphatic rings. The van der Waals surface area contributed by atoms with Crippen molar-refractivity contribution >= 4 is 0 Å². The van der Waals surface area contributed by atoms with Gasteiger partial charge < -0.3 is 0 Å². The van der Waals surface area contributed by atoms with Crippen LogP contribution in [0.25, 0.3) is 0 Å². The fraction of sp³-hybridized carbons (Fsp3) is 0.750. The van der Waals surface area contributed by atoms with Crippen LogP contribution in [0.3, 0.4) is 0 Å². The van der Waals surface area contributed by atoms with Crippen LogP contribution in [0.4, 0.5) is 4.39 Å². The molecule has 0 aliphatic heterocycles. The molecule has 52 valence electrons. The van der Waals surface area contributed by atoms with Crippen molar-refractivity contribution in [2.75, 3.05) is 0 Å². The molecule has 0 nitrogen and oxygen atoms in total. The Kier molecular flexibility index (Phi) is 1.89. The van der Waals surface area contributed by atoms with Crippen LogP contribution in [0.15, 0.2) is 11.9 Å². The molecule has 0 N–H and O–H groups in total. The standard InChI is InChI=1S/C8H13F/c1-6-3-4-7(2)8(9)5-6/h5-7H,3-4H2,1-2H3/t6-,7?/m1/s1. The third kappa shape index (κ3) is 1.54. The van der Waals surface area contributed by atoms with Gasteiger partial charge in [0.1, 0.15) is 0 Å². The molecule has 1 heteroatoms. The molecule has 0 heterocycles. The lowest BCUT2D eigenvalue weighted by molar-refractivity contribution is 0.394. The lowest BCUT2D eigenvalue weighted by Crippen LogP contribution is -2.06. The minimum absolute atomic E-state index is 0.0914. The maximum atomic E-state index is 12.7. The summed E-state index contributed by atoms with van der Waals surface area (Å²) in [5.74, 6) is 0.733. The molecule has 1 rings (SSSR count). The Morgan fingerprint density at radius 2 is 2.11 bits per heavy atom. The predicted octanol–water partition coefficient (Wildman–Crippen LogP) is 2.91. The molecule has 0 saturated carbocycles. The zero-order valence-electron chi connectivity index (χ0n) is 6.02. The normalized spacial score (nSPS) is 36.1. The third-order valence-corrected chi connectivity index (χ3v) is 1.97. The molecular weight excluding hydrogens is 115 g/mol. The Bertz CT molecular complexity index is 127. The van der Waals surface area contributed by atoms with E-state index in [9.17, 15) is 4.39 Å². The smallest absolute Gasteiger partial charge is 0.0990 e. The lowest BCUT2D eigenvalue weighted by Gasteiger charge is -2.18. The van der Waals surface area contributed by atoms with Gasteiger partial charge >= 0.3 is 0 Å². The minimum atomic E-state index is 0.0914. The second-order valence-electron chi connectivity index (χ2n) is 3.01. The van der Waals surface area contributed by atoms with E-state index in [-0.39, 0.29) is 11.7 Å². The van der Waals surface area contributed by atoms with Crippen LogP contribution in [0, 0.1) is 11.8 Å². The fourth-order valence-corrected chi connectivity index (χ4v) is 1.17. The Hall–Kier alpha value is -0.330. The molecule has 0 aromatic heterocycles. The van der Waals surface area contributed by atoms with Gasteiger partial charge in [0.05, 0.1) is 5.83 Å². The quantitative estimate of drug-likeness (QED) is 0.470. The van der Waals surface area contributed by atoms with Gasteiger partial charge in [-0.05, 0) is 24.8 Å². The predicted molar refractivity (Wildman–Crippen MR) is 36.8 cm³/mol. The van der Waals surface area contributed by atoms with Gasteiger partial charge in [0.15, 0.2) is 0 Å². The number of allylic oxidation sites excluding steroid dienone is 2. The summed E-state index contributed by atoms with van der Waals surface area (Å²) < 4.78 is 12.7. The molecule has 0 amide bonds. The molecule has 0 saturated heterocycles. The SMILES string of the molecule is CC1CC[C@@H](C)C=C1F. The zero-order valence-corrected chi connectivity index (χ0v) is 6.02. The maximum absolute atomic E-state index is 12.7. The summed E-state index contributed by atoms with van der Waals surface area (Å²) in [7, 11) is 0. The van der Waals surface area contributed by atoms with Gasteiger partial charge in [0.2, 0.25) is 0 Å². The van der Waals surface area contributed by atoms with Gasteiger partial charge in [-0.2, -0.15) is 0 Å². The first-order chi connectivity index (χ1) is 4.20. The summed E-state index contributed by atoms with van der Waals surface area (Å²) in [4.78, 5) is 0. The molecule has 0 aromatic carbocycles. The first-order valence-corrected chi connectivity index (χ1v) is 3.57. The van der Waals surface area contributed by atoms with Crippen LogP contribution in [0.5, 0.6) is 0 Å². The molecule has 1 aliphatic carbocycles. The van der Waals surface area contributed by atoms with E-state index in [1.807, 2.05) is 6.92 Å². The molecule has 0 fully saturated rings. The second-order valence-corrected chi connectivity index (χ2v) is 3.01. The van der Waals surface area contributed by atoms with Gasteiger partial charge in [0.25, 0.3) is 0 Å². The van der Waals surface area contributed by atoms with E-state index in [0.717, 1.165) is 12.8 Å². The van der Waals surface area contributed by atoms with Crippen molar-refractivity contribution in [3.05, 3.63) is 11.9 Å². The van der Waals surface area contributed by atoms with E-state index >= 15 is 0 Å². The summed E-state index contributed by atoms with van der Waals surface area (Å²) >= 11 is 0. The Labute approximate surface area is 55.8 Å². The highest BCUT2D eigenvalue weighted by atomic mass is 19.1. The zero-order chi connectivity index (χ0) is 6.85. The van der Waals surface area contributed by atoms with E-state index in [2.05, 4.69) is 6.92 Å². The lowest BCUT2D eigenvalue weighted by atomic mass is 9.90. The van der Waals surface area contributed by atoms with E-state index in [1.54, 1.807) is 6.08 Å². The highest BCUT2D eigenvalue weighted by Crippen LogP contribution is 2.27. The van der Waals surface area contributed by atoms with Crippen molar-refractivity contribution in [1.82, 2.24) is 0 Å². The molecule has 0 spiro atoms. The van der Waals surface area contributed by atoms with E-state index in [4.69, 9.17) is 0 Å². The van der Waals surface area contributed by atoms with Gasteiger partial charge in [-0.15, -0.1) is 0 Å². The van der Waals surface area contributed by atoms with E-state index in [0.29, 0.717) is 5.92 Å². The average Bonchev–Trinajstić information content (AvgIpc) is 1.80. The molecule has 9 heavy (non-hydrogen) atoms. The van der Waals surface area contributed by atoms with Crippen LogP contribution in [-0.2, 0) is 0 Å². The number of hydrogen-bond donors (Lipinski definition) is 0. The summed E-state index contributed by atoms with van der Waals surface area (Å²) in [5.41, 5.74) is 0. The Morgan fingerprint density at radius 1 is 1.44 bits per heavy atom. The molecule has 2 atom stereocenters. The first kappa shape index (κ1) is 6.79. The van der Waals surface area contributed by atoms with Crippen molar-refractivity contribution < 1.29 is 4.39 Å². The summed E-state index contributed by atoms with van der Waals surface area (Å²) in [6.07, 6.45) is 3.91. The first-order valence-electron chi connectivity index (χ1n) is 3.57. The van der Waals surface area contributed by atoms with Crippen molar-refractivity contribution in [3.63, 3.8) is 0 Å². The van der Waals surface area contributed by atoms with Crippen molar-refractivity contribution in [1.29, 1.82) is 0 Å². The molecule has 1 unspecified atom stereocenters. The van der Waals surface area contributed by atoms with Gasteiger partial charge in [-0.25, -0.2) is 4.39 Å². The highest BCUT2D eigenvalue weighted by Gasteiger charge is 2.15. The van der Waals surface area contributed by atoms with Gasteiger partial charge in [-0.1, -0.05) is 13.8 Å². The largest absolute Gasteiger partial charge is 0.212 e. The molecule has 0 aromatic rings. The number of rotatable bonds is 0. The van der Waals surface area contributed by atoms with Gasteiger partial charge in [0, 0.05) is 5.92 Å². The van der Waals surface area contributed by atoms with Gasteiger partial charge in [-0.3, -0.25) is 0 Å². The van der Waals surface area contributed by atoms with Crippen molar-refractivity contribution in [2.45, 2.75) is 26.7 Å². The summed E-state index contributed by atoms with van der Waals surface area (Å²) in [6.45, 7) is 4.00. The molecular formula is C8H13F. The monoisotopic (exact) mass is 128 g/mol. The summed E-state index contributed by atoms with van der Waals surface area (Å²) in [5, 5.41) is 0. The van der Waals surface area contributed by atoms with Crippen LogP contribution in [0.2, 0.25) is 0 Å². The van der Waals surface area contributed by atoms with E-state index < -0.39 is 0 Å². The third-order valence-electron chi connectivity index (χ3n) is 1.97. The maximum Gasteiger partial charge on any atom is 0.0990 e. The molecule has 0 radical (unpaired) electrons. The number of halogens is 1. The van der Waals surface area contributed by atoms with Crippen LogP contribution < -0.4 is 0 Å². The fourth-order valence-electron chi connectivity index (χ4n) is 1.17. The van der Waals surface area contributed by atoms with Crippen LogP contribution in [0.1, 0.15) is 26.7 Å². The van der Waals surface area contributed by atoms with Crippen LogP contribution >= 0.6 is 0 Å². The second kappa shape index (κ2) is 2.51. The number of hydrogen-bond acceptors (Lipinski definition) is 0. The van der Waals surface area contributed by atoms with Crippen molar-refractivity contribution in [3.8, 4) is 0 Å². The van der Waals surface area contributed by atoms with Crippen LogP contribution in [-0.4, -0.2) is 0 Å². The van der Waals surface area contributed by atoms with Crippen molar-refractivity contribution in [2.24, 2.45) is 11.8 Å². The minimum Gasteiger partial charge on any atom is -0.212 e. The summed E-state index contributed by atoms with van der Waals surface area (Å²) in [6, 6.07) is 0.